The lowest BCUT2D eigenvalue weighted by Crippen LogP contribution is -2.38. The van der Waals surface area contributed by atoms with Gasteiger partial charge in [0.25, 0.3) is 5.91 Å². The average Bonchev–Trinajstić information content (AvgIpc) is 3.04. The van der Waals surface area contributed by atoms with E-state index >= 15 is 0 Å². The molecule has 1 aliphatic rings. The summed E-state index contributed by atoms with van der Waals surface area (Å²) in [4.78, 5) is 24.0. The number of amides is 1. The van der Waals surface area contributed by atoms with E-state index in [0.29, 0.717) is 28.1 Å². The highest BCUT2D eigenvalue weighted by Gasteiger charge is 2.18. The molecular formula is C19H19Cl2N5O2. The van der Waals surface area contributed by atoms with E-state index in [1.165, 1.54) is 0 Å². The first-order valence-corrected chi connectivity index (χ1v) is 9.75. The smallest absolute Gasteiger partial charge is 0.259 e. The first-order valence-electron chi connectivity index (χ1n) is 8.99. The van der Waals surface area contributed by atoms with E-state index in [2.05, 4.69) is 20.2 Å². The second-order valence-corrected chi connectivity index (χ2v) is 7.31. The monoisotopic (exact) mass is 419 g/mol. The largest absolute Gasteiger partial charge is 0.379 e. The molecule has 9 heteroatoms. The van der Waals surface area contributed by atoms with Gasteiger partial charge in [-0.1, -0.05) is 23.2 Å². The highest BCUT2D eigenvalue weighted by molar-refractivity contribution is 6.37. The number of hydrogen-bond donors (Lipinski definition) is 1. The molecule has 0 spiro atoms. The Morgan fingerprint density at radius 2 is 2.00 bits per heavy atom. The Bertz CT molecular complexity index is 1000. The topological polar surface area (TPSA) is 72.3 Å². The van der Waals surface area contributed by atoms with Crippen molar-refractivity contribution in [3.63, 3.8) is 0 Å². The van der Waals surface area contributed by atoms with Crippen molar-refractivity contribution in [1.29, 1.82) is 0 Å². The minimum Gasteiger partial charge on any atom is -0.379 e. The zero-order valence-corrected chi connectivity index (χ0v) is 16.6. The number of hydrogen-bond acceptors (Lipinski definition) is 5. The van der Waals surface area contributed by atoms with Gasteiger partial charge in [-0.25, -0.2) is 9.97 Å². The van der Waals surface area contributed by atoms with Crippen molar-refractivity contribution in [3.05, 3.63) is 52.1 Å². The molecule has 1 fully saturated rings. The van der Waals surface area contributed by atoms with Gasteiger partial charge in [0, 0.05) is 37.4 Å². The molecule has 1 N–H and O–H groups in total. The first-order chi connectivity index (χ1) is 13.6. The number of benzene rings is 1. The number of carbonyl (C=O) groups is 1. The van der Waals surface area contributed by atoms with E-state index < -0.39 is 0 Å². The van der Waals surface area contributed by atoms with Gasteiger partial charge in [-0.15, -0.1) is 0 Å². The highest BCUT2D eigenvalue weighted by Crippen LogP contribution is 2.23. The van der Waals surface area contributed by atoms with Crippen molar-refractivity contribution in [3.8, 4) is 0 Å². The van der Waals surface area contributed by atoms with Crippen LogP contribution >= 0.6 is 23.2 Å². The summed E-state index contributed by atoms with van der Waals surface area (Å²) in [7, 11) is 0. The summed E-state index contributed by atoms with van der Waals surface area (Å²) < 4.78 is 7.32. The molecular weight excluding hydrogens is 401 g/mol. The maximum absolute atomic E-state index is 12.7. The zero-order chi connectivity index (χ0) is 19.5. The number of ether oxygens (including phenoxy) is 1. The Kier molecular flexibility index (Phi) is 5.77. The maximum Gasteiger partial charge on any atom is 0.259 e. The van der Waals surface area contributed by atoms with Gasteiger partial charge in [-0.05, 0) is 30.3 Å². The van der Waals surface area contributed by atoms with E-state index in [9.17, 15) is 4.79 Å². The van der Waals surface area contributed by atoms with Crippen LogP contribution in [0.25, 0.3) is 11.2 Å². The molecule has 28 heavy (non-hydrogen) atoms. The predicted octanol–water partition coefficient (Wildman–Crippen LogP) is 3.32. The van der Waals surface area contributed by atoms with Crippen molar-refractivity contribution in [2.75, 3.05) is 38.2 Å². The van der Waals surface area contributed by atoms with Crippen LogP contribution in [0.5, 0.6) is 0 Å². The van der Waals surface area contributed by atoms with E-state index in [0.717, 1.165) is 44.0 Å². The van der Waals surface area contributed by atoms with Crippen LogP contribution < -0.4 is 5.32 Å². The van der Waals surface area contributed by atoms with Crippen LogP contribution in [-0.2, 0) is 11.3 Å². The van der Waals surface area contributed by atoms with Gasteiger partial charge in [0.1, 0.15) is 5.52 Å². The number of halogens is 2. The van der Waals surface area contributed by atoms with Crippen LogP contribution in [0.2, 0.25) is 10.0 Å². The van der Waals surface area contributed by atoms with Gasteiger partial charge in [0.05, 0.1) is 23.8 Å². The highest BCUT2D eigenvalue weighted by atomic mass is 35.5. The predicted molar refractivity (Wildman–Crippen MR) is 109 cm³/mol. The number of morpholine rings is 1. The number of rotatable bonds is 5. The molecule has 0 saturated carbocycles. The maximum atomic E-state index is 12.7. The number of fused-ring (bicyclic) bond motifs is 1. The van der Waals surface area contributed by atoms with Crippen molar-refractivity contribution in [2.24, 2.45) is 0 Å². The van der Waals surface area contributed by atoms with E-state index in [4.69, 9.17) is 27.9 Å². The summed E-state index contributed by atoms with van der Waals surface area (Å²) in [5.41, 5.74) is 1.79. The van der Waals surface area contributed by atoms with E-state index in [-0.39, 0.29) is 5.91 Å². The third kappa shape index (κ3) is 4.12. The summed E-state index contributed by atoms with van der Waals surface area (Å²) in [5.74, 6) is 0.0996. The number of imidazole rings is 1. The molecule has 7 nitrogen and oxygen atoms in total. The molecule has 3 heterocycles. The second-order valence-electron chi connectivity index (χ2n) is 6.47. The second kappa shape index (κ2) is 8.45. The number of pyridine rings is 1. The van der Waals surface area contributed by atoms with E-state index in [1.807, 2.05) is 16.7 Å². The van der Waals surface area contributed by atoms with Crippen molar-refractivity contribution >= 4 is 46.2 Å². The summed E-state index contributed by atoms with van der Waals surface area (Å²) in [6.07, 6.45) is 1.72. The minimum absolute atomic E-state index is 0.291. The Labute approximate surface area is 172 Å². The SMILES string of the molecule is O=C(Nc1nc2cccnc2n1CCN1CCOCC1)c1ccc(Cl)cc1Cl. The third-order valence-corrected chi connectivity index (χ3v) is 5.20. The number of aromatic nitrogens is 3. The Hall–Kier alpha value is -2.19. The van der Waals surface area contributed by atoms with Crippen LogP contribution in [0.3, 0.4) is 0 Å². The normalized spacial score (nSPS) is 15.1. The molecule has 0 atom stereocenters. The average molecular weight is 420 g/mol. The molecule has 1 saturated heterocycles. The van der Waals surface area contributed by atoms with Gasteiger partial charge >= 0.3 is 0 Å². The molecule has 0 unspecified atom stereocenters. The molecule has 1 amide bonds. The Balaban J connectivity index is 1.59. The van der Waals surface area contributed by atoms with Gasteiger partial charge in [-0.3, -0.25) is 19.6 Å². The van der Waals surface area contributed by atoms with Gasteiger partial charge < -0.3 is 4.74 Å². The number of nitrogens with zero attached hydrogens (tertiary/aromatic N) is 4. The molecule has 1 aliphatic heterocycles. The Morgan fingerprint density at radius 1 is 1.18 bits per heavy atom. The first kappa shape index (κ1) is 19.1. The summed E-state index contributed by atoms with van der Waals surface area (Å²) >= 11 is 12.1. The van der Waals surface area contributed by atoms with Gasteiger partial charge in [0.15, 0.2) is 5.65 Å². The number of carbonyl (C=O) groups excluding carboxylic acids is 1. The van der Waals surface area contributed by atoms with Crippen LogP contribution in [-0.4, -0.2) is 58.2 Å². The summed E-state index contributed by atoms with van der Waals surface area (Å²) in [6, 6.07) is 8.47. The third-order valence-electron chi connectivity index (χ3n) is 4.65. The standard InChI is InChI=1S/C19H19Cl2N5O2/c20-13-3-4-14(15(21)12-13)18(27)24-19-23-16-2-1-5-22-17(16)26(19)7-6-25-8-10-28-11-9-25/h1-5,12H,6-11H2,(H,23,24,27). The quantitative estimate of drug-likeness (QED) is 0.686. The van der Waals surface area contributed by atoms with Crippen LogP contribution in [0.4, 0.5) is 5.95 Å². The van der Waals surface area contributed by atoms with Crippen LogP contribution in [0.15, 0.2) is 36.5 Å². The molecule has 0 bridgehead atoms. The molecule has 3 aromatic rings. The summed E-state index contributed by atoms with van der Waals surface area (Å²) in [5, 5.41) is 3.63. The molecule has 2 aromatic heterocycles. The lowest BCUT2D eigenvalue weighted by atomic mass is 10.2. The number of anilines is 1. The fourth-order valence-corrected chi connectivity index (χ4v) is 3.67. The van der Waals surface area contributed by atoms with E-state index in [1.54, 1.807) is 24.4 Å². The van der Waals surface area contributed by atoms with Crippen LogP contribution in [0.1, 0.15) is 10.4 Å². The molecule has 0 aliphatic carbocycles. The van der Waals surface area contributed by atoms with Crippen molar-refractivity contribution in [1.82, 2.24) is 19.4 Å². The fraction of sp³-hybridized carbons (Fsp3) is 0.316. The van der Waals surface area contributed by atoms with Crippen molar-refractivity contribution in [2.45, 2.75) is 6.54 Å². The minimum atomic E-state index is -0.343. The summed E-state index contributed by atoms with van der Waals surface area (Å²) in [6.45, 7) is 4.72. The van der Waals surface area contributed by atoms with Gasteiger partial charge in [0.2, 0.25) is 5.95 Å². The Morgan fingerprint density at radius 3 is 2.79 bits per heavy atom. The molecule has 4 rings (SSSR count). The zero-order valence-electron chi connectivity index (χ0n) is 15.1. The molecule has 0 radical (unpaired) electrons. The number of nitrogens with one attached hydrogen (secondary N) is 1. The van der Waals surface area contributed by atoms with Crippen molar-refractivity contribution < 1.29 is 9.53 Å². The molecule has 146 valence electrons. The fourth-order valence-electron chi connectivity index (χ4n) is 3.17. The molecule has 1 aromatic carbocycles. The van der Waals surface area contributed by atoms with Gasteiger partial charge in [-0.2, -0.15) is 0 Å². The lowest BCUT2D eigenvalue weighted by Gasteiger charge is -2.26. The lowest BCUT2D eigenvalue weighted by molar-refractivity contribution is 0.0366. The van der Waals surface area contributed by atoms with Crippen LogP contribution in [0, 0.1) is 0 Å².